The number of hydrogen-bond donors (Lipinski definition) is 2. The summed E-state index contributed by atoms with van der Waals surface area (Å²) < 4.78 is 0. The first-order valence-electron chi connectivity index (χ1n) is 10.1. The second-order valence-electron chi connectivity index (χ2n) is 7.49. The van der Waals surface area contributed by atoms with Gasteiger partial charge < -0.3 is 20.4 Å². The SMILES string of the molecule is Cc1ccnc(Nc2cc(N3CCN(C(=O)Nc4ccc(C)cc4Cl)CC3)ncn2)c1. The molecule has 2 amide bonds. The monoisotopic (exact) mass is 437 g/mol. The molecule has 31 heavy (non-hydrogen) atoms. The van der Waals surface area contributed by atoms with E-state index in [9.17, 15) is 4.79 Å². The number of aromatic nitrogens is 3. The van der Waals surface area contributed by atoms with Crippen LogP contribution >= 0.6 is 11.6 Å². The van der Waals surface area contributed by atoms with Crippen molar-refractivity contribution in [1.29, 1.82) is 0 Å². The Morgan fingerprint density at radius 3 is 2.42 bits per heavy atom. The lowest BCUT2D eigenvalue weighted by Gasteiger charge is -2.35. The molecule has 0 saturated carbocycles. The number of nitrogens with zero attached hydrogens (tertiary/aromatic N) is 5. The minimum atomic E-state index is -0.152. The first kappa shape index (κ1) is 20.9. The van der Waals surface area contributed by atoms with Crippen molar-refractivity contribution in [3.8, 4) is 0 Å². The van der Waals surface area contributed by atoms with E-state index in [4.69, 9.17) is 11.6 Å². The van der Waals surface area contributed by atoms with Gasteiger partial charge in [-0.2, -0.15) is 0 Å². The number of halogens is 1. The van der Waals surface area contributed by atoms with E-state index in [1.54, 1.807) is 11.1 Å². The molecule has 0 unspecified atom stereocenters. The number of nitrogens with one attached hydrogen (secondary N) is 2. The van der Waals surface area contributed by atoms with Crippen molar-refractivity contribution in [2.75, 3.05) is 41.7 Å². The topological polar surface area (TPSA) is 86.3 Å². The standard InChI is InChI=1S/C22H24ClN7O/c1-15-3-4-18(17(23)11-15)27-22(31)30-9-7-29(8-10-30)21-13-20(25-14-26-21)28-19-12-16(2)5-6-24-19/h3-6,11-14H,7-10H2,1-2H3,(H,27,31)(H,24,25,26,28). The van der Waals surface area contributed by atoms with Gasteiger partial charge in [-0.3, -0.25) is 0 Å². The van der Waals surface area contributed by atoms with Crippen molar-refractivity contribution >= 4 is 40.8 Å². The van der Waals surface area contributed by atoms with Crippen LogP contribution in [-0.4, -0.2) is 52.1 Å². The summed E-state index contributed by atoms with van der Waals surface area (Å²) in [6.45, 7) is 6.49. The molecular formula is C22H24ClN7O. The largest absolute Gasteiger partial charge is 0.353 e. The Bertz CT molecular complexity index is 1080. The first-order valence-corrected chi connectivity index (χ1v) is 10.4. The number of urea groups is 1. The average Bonchev–Trinajstić information content (AvgIpc) is 2.76. The molecule has 1 saturated heterocycles. The summed E-state index contributed by atoms with van der Waals surface area (Å²) in [7, 11) is 0. The van der Waals surface area contributed by atoms with Crippen LogP contribution in [0.1, 0.15) is 11.1 Å². The van der Waals surface area contributed by atoms with Crippen LogP contribution in [0.25, 0.3) is 0 Å². The fourth-order valence-electron chi connectivity index (χ4n) is 3.38. The van der Waals surface area contributed by atoms with Crippen molar-refractivity contribution in [3.63, 3.8) is 0 Å². The number of hydrogen-bond acceptors (Lipinski definition) is 6. The van der Waals surface area contributed by atoms with Crippen LogP contribution < -0.4 is 15.5 Å². The number of benzene rings is 1. The third kappa shape index (κ3) is 5.21. The summed E-state index contributed by atoms with van der Waals surface area (Å²) in [5.74, 6) is 2.23. The molecule has 8 nitrogen and oxygen atoms in total. The molecule has 0 radical (unpaired) electrons. The minimum absolute atomic E-state index is 0.152. The third-order valence-corrected chi connectivity index (χ3v) is 5.39. The van der Waals surface area contributed by atoms with Crippen molar-refractivity contribution in [3.05, 3.63) is 65.1 Å². The van der Waals surface area contributed by atoms with Crippen LogP contribution in [0.3, 0.4) is 0 Å². The number of carbonyl (C=O) groups excluding carboxylic acids is 1. The summed E-state index contributed by atoms with van der Waals surface area (Å²) >= 11 is 6.23. The van der Waals surface area contributed by atoms with Gasteiger partial charge in [0.1, 0.15) is 23.8 Å². The fourth-order valence-corrected chi connectivity index (χ4v) is 3.66. The van der Waals surface area contributed by atoms with Gasteiger partial charge in [-0.15, -0.1) is 0 Å². The summed E-state index contributed by atoms with van der Waals surface area (Å²) in [5, 5.41) is 6.65. The molecule has 3 heterocycles. The highest BCUT2D eigenvalue weighted by Gasteiger charge is 2.22. The van der Waals surface area contributed by atoms with Gasteiger partial charge in [-0.25, -0.2) is 19.7 Å². The molecule has 160 valence electrons. The van der Waals surface area contributed by atoms with Crippen LogP contribution in [0, 0.1) is 13.8 Å². The van der Waals surface area contributed by atoms with Crippen LogP contribution in [0.2, 0.25) is 5.02 Å². The van der Waals surface area contributed by atoms with E-state index in [1.807, 2.05) is 50.2 Å². The molecule has 1 aromatic carbocycles. The molecular weight excluding hydrogens is 414 g/mol. The molecule has 3 aromatic rings. The maximum atomic E-state index is 12.6. The van der Waals surface area contributed by atoms with Crippen molar-refractivity contribution < 1.29 is 4.79 Å². The second kappa shape index (κ2) is 9.18. The summed E-state index contributed by atoms with van der Waals surface area (Å²) in [6.07, 6.45) is 3.29. The van der Waals surface area contributed by atoms with Gasteiger partial charge in [0.15, 0.2) is 0 Å². The lowest BCUT2D eigenvalue weighted by atomic mass is 10.2. The molecule has 9 heteroatoms. The zero-order valence-corrected chi connectivity index (χ0v) is 18.2. The zero-order chi connectivity index (χ0) is 21.8. The Morgan fingerprint density at radius 2 is 1.68 bits per heavy atom. The number of piperazine rings is 1. The van der Waals surface area contributed by atoms with E-state index < -0.39 is 0 Å². The van der Waals surface area contributed by atoms with E-state index in [1.165, 1.54) is 6.33 Å². The molecule has 2 aromatic heterocycles. The molecule has 0 atom stereocenters. The van der Waals surface area contributed by atoms with Gasteiger partial charge >= 0.3 is 6.03 Å². The third-order valence-electron chi connectivity index (χ3n) is 5.08. The molecule has 1 aliphatic heterocycles. The van der Waals surface area contributed by atoms with Gasteiger partial charge in [0.05, 0.1) is 10.7 Å². The first-order chi connectivity index (χ1) is 15.0. The van der Waals surface area contributed by atoms with E-state index in [-0.39, 0.29) is 6.03 Å². The maximum absolute atomic E-state index is 12.6. The Balaban J connectivity index is 1.35. The lowest BCUT2D eigenvalue weighted by molar-refractivity contribution is 0.208. The van der Waals surface area contributed by atoms with Gasteiger partial charge in [-0.05, 0) is 49.2 Å². The normalized spacial score (nSPS) is 13.8. The number of amides is 2. The Labute approximate surface area is 186 Å². The van der Waals surface area contributed by atoms with E-state index in [0.29, 0.717) is 42.7 Å². The number of pyridine rings is 1. The van der Waals surface area contributed by atoms with Crippen LogP contribution in [-0.2, 0) is 0 Å². The highest BCUT2D eigenvalue weighted by molar-refractivity contribution is 6.33. The number of aryl methyl sites for hydroxylation is 2. The van der Waals surface area contributed by atoms with Crippen molar-refractivity contribution in [2.45, 2.75) is 13.8 Å². The van der Waals surface area contributed by atoms with E-state index in [2.05, 4.69) is 30.5 Å². The Morgan fingerprint density at radius 1 is 0.935 bits per heavy atom. The van der Waals surface area contributed by atoms with Gasteiger partial charge in [0.2, 0.25) is 0 Å². The van der Waals surface area contributed by atoms with Gasteiger partial charge in [-0.1, -0.05) is 17.7 Å². The molecule has 0 spiro atoms. The lowest BCUT2D eigenvalue weighted by Crippen LogP contribution is -2.50. The fraction of sp³-hybridized carbons (Fsp3) is 0.273. The zero-order valence-electron chi connectivity index (χ0n) is 17.5. The second-order valence-corrected chi connectivity index (χ2v) is 7.90. The highest BCUT2D eigenvalue weighted by atomic mass is 35.5. The summed E-state index contributed by atoms with van der Waals surface area (Å²) in [4.78, 5) is 29.5. The van der Waals surface area contributed by atoms with Crippen LogP contribution in [0.4, 0.5) is 27.9 Å². The van der Waals surface area contributed by atoms with Crippen LogP contribution in [0.15, 0.2) is 48.9 Å². The molecule has 4 rings (SSSR count). The van der Waals surface area contributed by atoms with E-state index >= 15 is 0 Å². The maximum Gasteiger partial charge on any atom is 0.322 e. The Kier molecular flexibility index (Phi) is 6.18. The van der Waals surface area contributed by atoms with E-state index in [0.717, 1.165) is 22.8 Å². The van der Waals surface area contributed by atoms with Gasteiger partial charge in [0.25, 0.3) is 0 Å². The molecule has 1 fully saturated rings. The molecule has 2 N–H and O–H groups in total. The number of anilines is 4. The Hall–Kier alpha value is -3.39. The minimum Gasteiger partial charge on any atom is -0.353 e. The molecule has 0 bridgehead atoms. The van der Waals surface area contributed by atoms with Crippen molar-refractivity contribution in [1.82, 2.24) is 19.9 Å². The highest BCUT2D eigenvalue weighted by Crippen LogP contribution is 2.24. The predicted molar refractivity (Wildman–Crippen MR) is 123 cm³/mol. The number of rotatable bonds is 4. The van der Waals surface area contributed by atoms with Crippen LogP contribution in [0.5, 0.6) is 0 Å². The molecule has 0 aliphatic carbocycles. The quantitative estimate of drug-likeness (QED) is 0.634. The predicted octanol–water partition coefficient (Wildman–Crippen LogP) is 4.24. The summed E-state index contributed by atoms with van der Waals surface area (Å²) in [6, 6.07) is 11.2. The van der Waals surface area contributed by atoms with Crippen molar-refractivity contribution in [2.24, 2.45) is 0 Å². The summed E-state index contributed by atoms with van der Waals surface area (Å²) in [5.41, 5.74) is 2.79. The average molecular weight is 438 g/mol. The number of carbonyl (C=O) groups is 1. The molecule has 1 aliphatic rings. The smallest absolute Gasteiger partial charge is 0.322 e. The van der Waals surface area contributed by atoms with Gasteiger partial charge in [0, 0.05) is 38.4 Å².